The number of hydrogen-bond donors (Lipinski definition) is 2. The van der Waals surface area contributed by atoms with Crippen LogP contribution in [0.5, 0.6) is 0 Å². The maximum atomic E-state index is 8.96. The van der Waals surface area contributed by atoms with Crippen LogP contribution in [-0.4, -0.2) is 4.98 Å². The normalized spacial score (nSPS) is 10.4. The van der Waals surface area contributed by atoms with E-state index in [2.05, 4.69) is 11.1 Å². The second-order valence-corrected chi connectivity index (χ2v) is 3.27. The van der Waals surface area contributed by atoms with Gasteiger partial charge in [0.05, 0.1) is 11.6 Å². The van der Waals surface area contributed by atoms with E-state index >= 15 is 0 Å². The first-order chi connectivity index (χ1) is 6.77. The minimum Gasteiger partial charge on any atom is -0.358 e. The molecule has 3 heteroatoms. The summed E-state index contributed by atoms with van der Waals surface area (Å²) < 4.78 is 0. The lowest BCUT2D eigenvalue weighted by Gasteiger charge is -1.97. The summed E-state index contributed by atoms with van der Waals surface area (Å²) in [5.74, 6) is 0. The molecular formula is C11H11N3. The molecule has 70 valence electrons. The predicted molar refractivity (Wildman–Crippen MR) is 55.6 cm³/mol. The number of aromatic amines is 1. The van der Waals surface area contributed by atoms with Crippen LogP contribution in [0.1, 0.15) is 16.8 Å². The van der Waals surface area contributed by atoms with Gasteiger partial charge >= 0.3 is 0 Å². The number of nitrogens with zero attached hydrogens (tertiary/aromatic N) is 1. The van der Waals surface area contributed by atoms with E-state index < -0.39 is 0 Å². The van der Waals surface area contributed by atoms with Gasteiger partial charge in [0.2, 0.25) is 0 Å². The third-order valence-corrected chi connectivity index (χ3v) is 2.47. The van der Waals surface area contributed by atoms with Crippen molar-refractivity contribution in [1.82, 2.24) is 4.98 Å². The number of H-pyrrole nitrogens is 1. The van der Waals surface area contributed by atoms with E-state index in [0.717, 1.165) is 22.2 Å². The van der Waals surface area contributed by atoms with Gasteiger partial charge in [-0.2, -0.15) is 5.26 Å². The minimum atomic E-state index is 0.463. The van der Waals surface area contributed by atoms with Crippen molar-refractivity contribution in [3.05, 3.63) is 35.0 Å². The Balaban J connectivity index is 2.91. The largest absolute Gasteiger partial charge is 0.358 e. The first kappa shape index (κ1) is 8.79. The van der Waals surface area contributed by atoms with Gasteiger partial charge in [0, 0.05) is 23.1 Å². The van der Waals surface area contributed by atoms with Gasteiger partial charge in [0.15, 0.2) is 0 Å². The van der Waals surface area contributed by atoms with Crippen LogP contribution >= 0.6 is 0 Å². The zero-order valence-electron chi connectivity index (χ0n) is 7.96. The van der Waals surface area contributed by atoms with Crippen molar-refractivity contribution < 1.29 is 0 Å². The van der Waals surface area contributed by atoms with Gasteiger partial charge in [-0.05, 0) is 24.6 Å². The van der Waals surface area contributed by atoms with Crippen LogP contribution in [0.2, 0.25) is 0 Å². The fraction of sp³-hybridized carbons (Fsp3) is 0.182. The predicted octanol–water partition coefficient (Wildman–Crippen LogP) is 1.81. The van der Waals surface area contributed by atoms with Crippen molar-refractivity contribution in [2.24, 2.45) is 5.73 Å². The average molecular weight is 185 g/mol. The molecule has 0 atom stereocenters. The van der Waals surface area contributed by atoms with Crippen LogP contribution in [0, 0.1) is 18.3 Å². The van der Waals surface area contributed by atoms with Crippen molar-refractivity contribution >= 4 is 10.9 Å². The number of aryl methyl sites for hydroxylation is 1. The number of fused-ring (bicyclic) bond motifs is 1. The van der Waals surface area contributed by atoms with E-state index in [1.54, 1.807) is 0 Å². The number of aromatic nitrogens is 1. The Hall–Kier alpha value is -1.79. The molecular weight excluding hydrogens is 174 g/mol. The molecule has 0 fully saturated rings. The molecule has 0 bridgehead atoms. The number of nitriles is 1. The summed E-state index contributed by atoms with van der Waals surface area (Å²) in [5, 5.41) is 9.93. The van der Waals surface area contributed by atoms with Crippen LogP contribution < -0.4 is 5.73 Å². The molecule has 0 aliphatic rings. The molecule has 2 rings (SSSR count). The third kappa shape index (κ3) is 1.09. The molecule has 0 saturated carbocycles. The van der Waals surface area contributed by atoms with E-state index in [1.165, 1.54) is 0 Å². The summed E-state index contributed by atoms with van der Waals surface area (Å²) in [6.07, 6.45) is 0. The van der Waals surface area contributed by atoms with Gasteiger partial charge in [0.25, 0.3) is 0 Å². The standard InChI is InChI=1S/C11H11N3/c1-7-9(6-13)11-8(5-12)3-2-4-10(11)14-7/h2-4,14H,6,13H2,1H3. The highest BCUT2D eigenvalue weighted by Crippen LogP contribution is 2.24. The van der Waals surface area contributed by atoms with E-state index in [1.807, 2.05) is 25.1 Å². The van der Waals surface area contributed by atoms with Crippen molar-refractivity contribution in [1.29, 1.82) is 5.26 Å². The Morgan fingerprint density at radius 1 is 1.50 bits per heavy atom. The molecule has 0 spiro atoms. The molecule has 1 heterocycles. The lowest BCUT2D eigenvalue weighted by molar-refractivity contribution is 1.05. The number of nitrogens with two attached hydrogens (primary N) is 1. The van der Waals surface area contributed by atoms with Crippen molar-refractivity contribution in [2.45, 2.75) is 13.5 Å². The average Bonchev–Trinajstić information content (AvgIpc) is 2.52. The Morgan fingerprint density at radius 3 is 2.93 bits per heavy atom. The zero-order valence-corrected chi connectivity index (χ0v) is 7.96. The Morgan fingerprint density at radius 2 is 2.29 bits per heavy atom. The van der Waals surface area contributed by atoms with Gasteiger partial charge in [-0.25, -0.2) is 0 Å². The molecule has 2 aromatic rings. The lowest BCUT2D eigenvalue weighted by atomic mass is 10.1. The maximum Gasteiger partial charge on any atom is 0.0998 e. The van der Waals surface area contributed by atoms with Gasteiger partial charge < -0.3 is 10.7 Å². The van der Waals surface area contributed by atoms with Crippen LogP contribution in [0.3, 0.4) is 0 Å². The highest BCUT2D eigenvalue weighted by Gasteiger charge is 2.09. The number of nitrogens with one attached hydrogen (secondary N) is 1. The molecule has 0 amide bonds. The first-order valence-corrected chi connectivity index (χ1v) is 4.48. The molecule has 0 saturated heterocycles. The molecule has 1 aromatic carbocycles. The van der Waals surface area contributed by atoms with Crippen LogP contribution in [0.15, 0.2) is 18.2 Å². The molecule has 3 N–H and O–H groups in total. The highest BCUT2D eigenvalue weighted by molar-refractivity contribution is 5.89. The van der Waals surface area contributed by atoms with Crippen molar-refractivity contribution in [3.63, 3.8) is 0 Å². The summed E-state index contributed by atoms with van der Waals surface area (Å²) in [5.41, 5.74) is 9.42. The number of hydrogen-bond acceptors (Lipinski definition) is 2. The third-order valence-electron chi connectivity index (χ3n) is 2.47. The fourth-order valence-electron chi connectivity index (χ4n) is 1.79. The topological polar surface area (TPSA) is 65.6 Å². The SMILES string of the molecule is Cc1[nH]c2cccc(C#N)c2c1CN. The smallest absolute Gasteiger partial charge is 0.0998 e. The number of rotatable bonds is 1. The lowest BCUT2D eigenvalue weighted by Crippen LogP contribution is -1.97. The van der Waals surface area contributed by atoms with Crippen LogP contribution in [0.25, 0.3) is 10.9 Å². The highest BCUT2D eigenvalue weighted by atomic mass is 14.7. The van der Waals surface area contributed by atoms with E-state index in [4.69, 9.17) is 11.0 Å². The molecule has 0 aliphatic heterocycles. The molecule has 14 heavy (non-hydrogen) atoms. The Labute approximate surface area is 82.1 Å². The first-order valence-electron chi connectivity index (χ1n) is 4.48. The zero-order chi connectivity index (χ0) is 10.1. The molecule has 0 unspecified atom stereocenters. The van der Waals surface area contributed by atoms with Gasteiger partial charge in [-0.3, -0.25) is 0 Å². The molecule has 3 nitrogen and oxygen atoms in total. The number of benzene rings is 1. The summed E-state index contributed by atoms with van der Waals surface area (Å²) in [4.78, 5) is 3.22. The van der Waals surface area contributed by atoms with Crippen molar-refractivity contribution in [2.75, 3.05) is 0 Å². The van der Waals surface area contributed by atoms with E-state index in [9.17, 15) is 0 Å². The van der Waals surface area contributed by atoms with Gasteiger partial charge in [-0.15, -0.1) is 0 Å². The quantitative estimate of drug-likeness (QED) is 0.711. The minimum absolute atomic E-state index is 0.463. The Kier molecular flexibility index (Phi) is 1.99. The summed E-state index contributed by atoms with van der Waals surface area (Å²) in [7, 11) is 0. The second kappa shape index (κ2) is 3.17. The second-order valence-electron chi connectivity index (χ2n) is 3.27. The summed E-state index contributed by atoms with van der Waals surface area (Å²) in [6, 6.07) is 7.83. The van der Waals surface area contributed by atoms with E-state index in [0.29, 0.717) is 12.1 Å². The van der Waals surface area contributed by atoms with Crippen LogP contribution in [-0.2, 0) is 6.54 Å². The van der Waals surface area contributed by atoms with Gasteiger partial charge in [0.1, 0.15) is 0 Å². The van der Waals surface area contributed by atoms with Crippen molar-refractivity contribution in [3.8, 4) is 6.07 Å². The Bertz CT molecular complexity index is 517. The maximum absolute atomic E-state index is 8.96. The van der Waals surface area contributed by atoms with E-state index in [-0.39, 0.29) is 0 Å². The van der Waals surface area contributed by atoms with Gasteiger partial charge in [-0.1, -0.05) is 6.07 Å². The molecule has 1 aromatic heterocycles. The monoisotopic (exact) mass is 185 g/mol. The molecule has 0 radical (unpaired) electrons. The summed E-state index contributed by atoms with van der Waals surface area (Å²) >= 11 is 0. The molecule has 0 aliphatic carbocycles. The summed E-state index contributed by atoms with van der Waals surface area (Å²) in [6.45, 7) is 2.44. The fourth-order valence-corrected chi connectivity index (χ4v) is 1.79. The van der Waals surface area contributed by atoms with Crippen LogP contribution in [0.4, 0.5) is 0 Å².